The molecule has 0 saturated heterocycles. The number of hydrogen-bond acceptors (Lipinski definition) is 4. The molecule has 7 heteroatoms. The lowest BCUT2D eigenvalue weighted by Crippen LogP contribution is -2.19. The van der Waals surface area contributed by atoms with Crippen molar-refractivity contribution in [2.24, 2.45) is 5.10 Å². The number of benzene rings is 2. The van der Waals surface area contributed by atoms with Crippen molar-refractivity contribution in [2.45, 2.75) is 6.42 Å². The normalized spacial score (nSPS) is 10.4. The number of nitrogens with one attached hydrogen (secondary N) is 1. The maximum Gasteiger partial charge on any atom is 0.244 e. The molecule has 5 nitrogen and oxygen atoms in total. The number of ether oxygens (including phenoxy) is 2. The molecule has 26 heavy (non-hydrogen) atoms. The summed E-state index contributed by atoms with van der Waals surface area (Å²) in [7, 11) is 1.55. The minimum Gasteiger partial charge on any atom is -0.493 e. The number of terminal acetylenes is 1. The first-order valence-corrected chi connectivity index (χ1v) is 9.40. The van der Waals surface area contributed by atoms with Gasteiger partial charge in [-0.05, 0) is 58.0 Å². The first-order valence-electron chi connectivity index (χ1n) is 7.53. The van der Waals surface area contributed by atoms with Gasteiger partial charge in [-0.25, -0.2) is 5.43 Å². The molecule has 0 unspecified atom stereocenters. The molecule has 0 heterocycles. The highest BCUT2D eigenvalue weighted by Crippen LogP contribution is 2.33. The van der Waals surface area contributed by atoms with Gasteiger partial charge in [0.2, 0.25) is 5.91 Å². The molecule has 0 aliphatic rings. The minimum atomic E-state index is -0.195. The third-order valence-electron chi connectivity index (χ3n) is 3.23. The molecule has 0 aliphatic carbocycles. The summed E-state index contributed by atoms with van der Waals surface area (Å²) < 4.78 is 12.6. The Morgan fingerprint density at radius 1 is 1.38 bits per heavy atom. The molecule has 2 aromatic carbocycles. The van der Waals surface area contributed by atoms with Gasteiger partial charge in [0.05, 0.1) is 23.3 Å². The van der Waals surface area contributed by atoms with E-state index in [2.05, 4.69) is 55.0 Å². The van der Waals surface area contributed by atoms with E-state index in [0.29, 0.717) is 11.5 Å². The minimum absolute atomic E-state index is 0.159. The van der Waals surface area contributed by atoms with Crippen molar-refractivity contribution in [2.75, 3.05) is 13.7 Å². The number of methoxy groups -OCH3 is 1. The van der Waals surface area contributed by atoms with Crippen molar-refractivity contribution in [3.63, 3.8) is 0 Å². The van der Waals surface area contributed by atoms with E-state index in [1.54, 1.807) is 19.4 Å². The first-order chi connectivity index (χ1) is 12.5. The van der Waals surface area contributed by atoms with Crippen LogP contribution in [0.25, 0.3) is 0 Å². The summed E-state index contributed by atoms with van der Waals surface area (Å²) in [5, 5.41) is 4.00. The van der Waals surface area contributed by atoms with Crippen LogP contribution in [0.1, 0.15) is 11.1 Å². The second-order valence-corrected chi connectivity index (χ2v) is 7.20. The fraction of sp³-hybridized carbons (Fsp3) is 0.158. The van der Waals surface area contributed by atoms with Crippen molar-refractivity contribution in [3.05, 3.63) is 55.6 Å². The highest BCUT2D eigenvalue weighted by atomic mass is 127. The van der Waals surface area contributed by atoms with Gasteiger partial charge < -0.3 is 9.47 Å². The van der Waals surface area contributed by atoms with Crippen LogP contribution in [0.15, 0.2) is 46.0 Å². The number of amides is 1. The largest absolute Gasteiger partial charge is 0.493 e. The Morgan fingerprint density at radius 2 is 2.12 bits per heavy atom. The number of carbonyl (C=O) groups excluding carboxylic acids is 1. The Bertz CT molecular complexity index is 845. The van der Waals surface area contributed by atoms with Gasteiger partial charge in [-0.1, -0.05) is 34.0 Å². The van der Waals surface area contributed by atoms with E-state index in [4.69, 9.17) is 15.9 Å². The summed E-state index contributed by atoms with van der Waals surface area (Å²) in [6.07, 6.45) is 7.03. The molecule has 0 fully saturated rings. The molecule has 0 spiro atoms. The van der Waals surface area contributed by atoms with Gasteiger partial charge in [0, 0.05) is 4.47 Å². The van der Waals surface area contributed by atoms with Crippen molar-refractivity contribution < 1.29 is 14.3 Å². The quantitative estimate of drug-likeness (QED) is 0.258. The molecular formula is C19H16BrIN2O3. The van der Waals surface area contributed by atoms with Crippen molar-refractivity contribution in [1.82, 2.24) is 5.43 Å². The lowest BCUT2D eigenvalue weighted by Gasteiger charge is -2.11. The van der Waals surface area contributed by atoms with Gasteiger partial charge >= 0.3 is 0 Å². The fourth-order valence-corrected chi connectivity index (χ4v) is 3.12. The number of hydrazone groups is 1. The van der Waals surface area contributed by atoms with Crippen molar-refractivity contribution in [1.29, 1.82) is 0 Å². The average Bonchev–Trinajstić information content (AvgIpc) is 2.62. The van der Waals surface area contributed by atoms with E-state index in [9.17, 15) is 4.79 Å². The van der Waals surface area contributed by atoms with Crippen molar-refractivity contribution >= 4 is 50.6 Å². The molecular weight excluding hydrogens is 511 g/mol. The molecule has 0 bridgehead atoms. The van der Waals surface area contributed by atoms with Gasteiger partial charge in [0.1, 0.15) is 6.61 Å². The Balaban J connectivity index is 2.01. The Kier molecular flexibility index (Phi) is 7.94. The van der Waals surface area contributed by atoms with Gasteiger partial charge in [-0.3, -0.25) is 4.79 Å². The number of nitrogens with zero attached hydrogens (tertiary/aromatic N) is 1. The van der Waals surface area contributed by atoms with Gasteiger partial charge in [-0.15, -0.1) is 6.42 Å². The maximum atomic E-state index is 11.9. The van der Waals surface area contributed by atoms with Crippen LogP contribution in [-0.4, -0.2) is 25.8 Å². The average molecular weight is 527 g/mol. The van der Waals surface area contributed by atoms with E-state index in [1.807, 2.05) is 30.3 Å². The SMILES string of the molecule is C#CCOc1c(I)cc(/C=N/NC(=O)Cc2ccc(Br)cc2)cc1OC. The van der Waals surface area contributed by atoms with Crippen LogP contribution in [0.3, 0.4) is 0 Å². The lowest BCUT2D eigenvalue weighted by molar-refractivity contribution is -0.120. The molecule has 1 amide bonds. The van der Waals surface area contributed by atoms with E-state index in [-0.39, 0.29) is 18.9 Å². The van der Waals surface area contributed by atoms with Crippen LogP contribution in [0.2, 0.25) is 0 Å². The predicted molar refractivity (Wildman–Crippen MR) is 114 cm³/mol. The predicted octanol–water partition coefficient (Wildman–Crippen LogP) is 3.77. The Labute approximate surface area is 174 Å². The zero-order valence-electron chi connectivity index (χ0n) is 14.0. The molecule has 134 valence electrons. The van der Waals surface area contributed by atoms with Crippen LogP contribution in [0.5, 0.6) is 11.5 Å². The molecule has 1 N–H and O–H groups in total. The molecule has 2 aromatic rings. The summed E-state index contributed by atoms with van der Waals surface area (Å²) >= 11 is 5.49. The first kappa shape index (κ1) is 20.3. The number of hydrogen-bond donors (Lipinski definition) is 1. The molecule has 0 aromatic heterocycles. The number of halogens is 2. The van der Waals surface area contributed by atoms with Crippen LogP contribution >= 0.6 is 38.5 Å². The van der Waals surface area contributed by atoms with Crippen LogP contribution in [0, 0.1) is 15.9 Å². The topological polar surface area (TPSA) is 59.9 Å². The summed E-state index contributed by atoms with van der Waals surface area (Å²) in [6.45, 7) is 0.159. The standard InChI is InChI=1S/C19H16BrIN2O3/c1-3-8-26-19-16(21)9-14(10-17(19)25-2)12-22-23-18(24)11-13-4-6-15(20)7-5-13/h1,4-7,9-10,12H,8,11H2,2H3,(H,23,24)/b22-12+. The highest BCUT2D eigenvalue weighted by Gasteiger charge is 2.10. The molecule has 0 aliphatic heterocycles. The molecule has 2 rings (SSSR count). The van der Waals surface area contributed by atoms with Crippen molar-refractivity contribution in [3.8, 4) is 23.8 Å². The third kappa shape index (κ3) is 6.04. The summed E-state index contributed by atoms with van der Waals surface area (Å²) in [5.41, 5.74) is 4.19. The zero-order valence-corrected chi connectivity index (χ0v) is 17.7. The van der Waals surface area contributed by atoms with Crippen LogP contribution in [-0.2, 0) is 11.2 Å². The van der Waals surface area contributed by atoms with E-state index in [1.165, 1.54) is 0 Å². The van der Waals surface area contributed by atoms with E-state index in [0.717, 1.165) is 19.2 Å². The van der Waals surface area contributed by atoms with Gasteiger partial charge in [0.25, 0.3) is 0 Å². The fourth-order valence-electron chi connectivity index (χ4n) is 2.07. The second-order valence-electron chi connectivity index (χ2n) is 5.12. The maximum absolute atomic E-state index is 11.9. The summed E-state index contributed by atoms with van der Waals surface area (Å²) in [6, 6.07) is 11.2. The van der Waals surface area contributed by atoms with E-state index < -0.39 is 0 Å². The number of rotatable bonds is 7. The summed E-state index contributed by atoms with van der Waals surface area (Å²) in [4.78, 5) is 11.9. The van der Waals surface area contributed by atoms with Crippen LogP contribution < -0.4 is 14.9 Å². The second kappa shape index (κ2) is 10.2. The smallest absolute Gasteiger partial charge is 0.244 e. The van der Waals surface area contributed by atoms with E-state index >= 15 is 0 Å². The Morgan fingerprint density at radius 3 is 2.77 bits per heavy atom. The third-order valence-corrected chi connectivity index (χ3v) is 4.56. The monoisotopic (exact) mass is 526 g/mol. The highest BCUT2D eigenvalue weighted by molar-refractivity contribution is 14.1. The Hall–Kier alpha value is -2.05. The van der Waals surface area contributed by atoms with Gasteiger partial charge in [-0.2, -0.15) is 5.10 Å². The van der Waals surface area contributed by atoms with Gasteiger partial charge in [0.15, 0.2) is 11.5 Å². The zero-order chi connectivity index (χ0) is 18.9. The summed E-state index contributed by atoms with van der Waals surface area (Å²) in [5.74, 6) is 3.36. The molecule has 0 atom stereocenters. The molecule has 0 saturated carbocycles. The molecule has 0 radical (unpaired) electrons. The lowest BCUT2D eigenvalue weighted by atomic mass is 10.1. The number of carbonyl (C=O) groups is 1. The van der Waals surface area contributed by atoms with Crippen LogP contribution in [0.4, 0.5) is 0 Å².